The second kappa shape index (κ2) is 2.97. The number of ether oxygens (including phenoxy) is 1. The summed E-state index contributed by atoms with van der Waals surface area (Å²) < 4.78 is 18.0. The predicted octanol–water partition coefficient (Wildman–Crippen LogP) is 0.579. The number of halogens is 1. The van der Waals surface area contributed by atoms with E-state index in [2.05, 4.69) is 0 Å². The average molecular weight is 183 g/mol. The largest absolute Gasteiger partial charge is 0.490 e. The Kier molecular flexibility index (Phi) is 1.94. The van der Waals surface area contributed by atoms with E-state index >= 15 is 0 Å². The molecule has 70 valence electrons. The van der Waals surface area contributed by atoms with Crippen LogP contribution in [-0.4, -0.2) is 17.8 Å². The molecule has 2 atom stereocenters. The number of hydrogen-bond donors (Lipinski definition) is 2. The molecule has 0 radical (unpaired) electrons. The van der Waals surface area contributed by atoms with Crippen molar-refractivity contribution < 1.29 is 14.2 Å². The van der Waals surface area contributed by atoms with Gasteiger partial charge in [0, 0.05) is 5.56 Å². The van der Waals surface area contributed by atoms with Crippen molar-refractivity contribution in [3.63, 3.8) is 0 Å². The maximum atomic E-state index is 12.8. The van der Waals surface area contributed by atoms with Crippen molar-refractivity contribution in [2.24, 2.45) is 5.73 Å². The zero-order valence-electron chi connectivity index (χ0n) is 6.90. The van der Waals surface area contributed by atoms with Crippen molar-refractivity contribution in [1.29, 1.82) is 0 Å². The van der Waals surface area contributed by atoms with E-state index in [-0.39, 0.29) is 12.4 Å². The van der Waals surface area contributed by atoms with Crippen LogP contribution in [-0.2, 0) is 0 Å². The van der Waals surface area contributed by atoms with E-state index < -0.39 is 12.1 Å². The van der Waals surface area contributed by atoms with Crippen LogP contribution in [0.4, 0.5) is 4.39 Å². The van der Waals surface area contributed by atoms with Crippen LogP contribution in [0.2, 0.25) is 0 Å². The molecule has 1 aliphatic heterocycles. The number of nitrogens with two attached hydrogens (primary N) is 1. The van der Waals surface area contributed by atoms with E-state index in [4.69, 9.17) is 10.5 Å². The SMILES string of the molecule is NC1c2cc(F)ccc2OCC1O. The zero-order valence-corrected chi connectivity index (χ0v) is 6.90. The number of benzene rings is 1. The summed E-state index contributed by atoms with van der Waals surface area (Å²) in [6.45, 7) is 0.166. The van der Waals surface area contributed by atoms with Crippen molar-refractivity contribution in [1.82, 2.24) is 0 Å². The molecular weight excluding hydrogens is 173 g/mol. The highest BCUT2D eigenvalue weighted by atomic mass is 19.1. The molecule has 0 spiro atoms. The molecule has 0 bridgehead atoms. The molecule has 3 N–H and O–H groups in total. The lowest BCUT2D eigenvalue weighted by molar-refractivity contribution is 0.0676. The first kappa shape index (κ1) is 8.47. The predicted molar refractivity (Wildman–Crippen MR) is 44.8 cm³/mol. The molecule has 1 aliphatic rings. The van der Waals surface area contributed by atoms with Gasteiger partial charge in [0.05, 0.1) is 6.04 Å². The Balaban J connectivity index is 2.45. The fourth-order valence-corrected chi connectivity index (χ4v) is 1.40. The molecule has 1 aromatic carbocycles. The smallest absolute Gasteiger partial charge is 0.124 e. The Morgan fingerprint density at radius 1 is 1.54 bits per heavy atom. The molecule has 3 nitrogen and oxygen atoms in total. The normalized spacial score (nSPS) is 26.4. The van der Waals surface area contributed by atoms with E-state index in [1.165, 1.54) is 18.2 Å². The van der Waals surface area contributed by atoms with Gasteiger partial charge in [-0.1, -0.05) is 0 Å². The van der Waals surface area contributed by atoms with Gasteiger partial charge in [0.25, 0.3) is 0 Å². The highest BCUT2D eigenvalue weighted by molar-refractivity contribution is 5.38. The molecule has 0 aromatic heterocycles. The number of fused-ring (bicyclic) bond motifs is 1. The van der Waals surface area contributed by atoms with Crippen LogP contribution in [0.3, 0.4) is 0 Å². The van der Waals surface area contributed by atoms with Crippen LogP contribution < -0.4 is 10.5 Å². The molecule has 0 saturated carbocycles. The quantitative estimate of drug-likeness (QED) is 0.618. The van der Waals surface area contributed by atoms with Gasteiger partial charge < -0.3 is 15.6 Å². The molecule has 0 aliphatic carbocycles. The Bertz CT molecular complexity index is 329. The molecule has 0 fully saturated rings. The minimum absolute atomic E-state index is 0.166. The lowest BCUT2D eigenvalue weighted by Gasteiger charge is -2.27. The minimum atomic E-state index is -0.755. The Hall–Kier alpha value is -1.13. The lowest BCUT2D eigenvalue weighted by Crippen LogP contribution is -2.35. The molecule has 2 unspecified atom stereocenters. The Morgan fingerprint density at radius 2 is 2.31 bits per heavy atom. The summed E-state index contributed by atoms with van der Waals surface area (Å²) in [5, 5.41) is 9.34. The molecule has 0 saturated heterocycles. The first-order valence-corrected chi connectivity index (χ1v) is 4.04. The topological polar surface area (TPSA) is 55.5 Å². The highest BCUT2D eigenvalue weighted by Gasteiger charge is 2.26. The molecular formula is C9H10FNO2. The van der Waals surface area contributed by atoms with Gasteiger partial charge in [-0.2, -0.15) is 0 Å². The van der Waals surface area contributed by atoms with Gasteiger partial charge in [-0.05, 0) is 18.2 Å². The fourth-order valence-electron chi connectivity index (χ4n) is 1.40. The van der Waals surface area contributed by atoms with Gasteiger partial charge in [0.2, 0.25) is 0 Å². The van der Waals surface area contributed by atoms with Gasteiger partial charge in [-0.15, -0.1) is 0 Å². The summed E-state index contributed by atoms with van der Waals surface area (Å²) in [5.41, 5.74) is 6.19. The lowest BCUT2D eigenvalue weighted by atomic mass is 9.99. The summed E-state index contributed by atoms with van der Waals surface area (Å²) in [6, 6.07) is 3.57. The van der Waals surface area contributed by atoms with Gasteiger partial charge in [-0.25, -0.2) is 4.39 Å². The standard InChI is InChI=1S/C9H10FNO2/c10-5-1-2-8-6(3-5)9(11)7(12)4-13-8/h1-3,7,9,12H,4,11H2. The molecule has 0 amide bonds. The third kappa shape index (κ3) is 1.38. The van der Waals surface area contributed by atoms with Crippen LogP contribution in [0.25, 0.3) is 0 Å². The zero-order chi connectivity index (χ0) is 9.42. The molecule has 13 heavy (non-hydrogen) atoms. The summed E-state index contributed by atoms with van der Waals surface area (Å²) in [6.07, 6.45) is -0.755. The number of rotatable bonds is 0. The Morgan fingerprint density at radius 3 is 3.08 bits per heavy atom. The third-order valence-electron chi connectivity index (χ3n) is 2.16. The number of aliphatic hydroxyl groups is 1. The van der Waals surface area contributed by atoms with E-state index in [9.17, 15) is 9.50 Å². The van der Waals surface area contributed by atoms with Gasteiger partial charge >= 0.3 is 0 Å². The average Bonchev–Trinajstić information content (AvgIpc) is 2.12. The van der Waals surface area contributed by atoms with Crippen molar-refractivity contribution in [2.45, 2.75) is 12.1 Å². The first-order chi connectivity index (χ1) is 6.18. The van der Waals surface area contributed by atoms with Crippen molar-refractivity contribution >= 4 is 0 Å². The highest BCUT2D eigenvalue weighted by Crippen LogP contribution is 2.30. The summed E-state index contributed by atoms with van der Waals surface area (Å²) in [7, 11) is 0. The molecule has 4 heteroatoms. The van der Waals surface area contributed by atoms with E-state index in [1.54, 1.807) is 0 Å². The Labute approximate surface area is 74.9 Å². The summed E-state index contributed by atoms with van der Waals surface area (Å²) in [5.74, 6) is 0.186. The summed E-state index contributed by atoms with van der Waals surface area (Å²) in [4.78, 5) is 0. The van der Waals surface area contributed by atoms with Crippen molar-refractivity contribution in [3.05, 3.63) is 29.6 Å². The second-order valence-corrected chi connectivity index (χ2v) is 3.09. The van der Waals surface area contributed by atoms with Gasteiger partial charge in [0.15, 0.2) is 0 Å². The number of hydrogen-bond acceptors (Lipinski definition) is 3. The number of aliphatic hydroxyl groups excluding tert-OH is 1. The van der Waals surface area contributed by atoms with Gasteiger partial charge in [0.1, 0.15) is 24.3 Å². The fraction of sp³-hybridized carbons (Fsp3) is 0.333. The first-order valence-electron chi connectivity index (χ1n) is 4.04. The molecule has 2 rings (SSSR count). The van der Waals surface area contributed by atoms with Crippen molar-refractivity contribution in [2.75, 3.05) is 6.61 Å². The van der Waals surface area contributed by atoms with Crippen LogP contribution in [0, 0.1) is 5.82 Å². The van der Waals surface area contributed by atoms with Crippen LogP contribution >= 0.6 is 0 Å². The molecule has 1 heterocycles. The van der Waals surface area contributed by atoms with Crippen LogP contribution in [0.15, 0.2) is 18.2 Å². The van der Waals surface area contributed by atoms with E-state index in [0.29, 0.717) is 11.3 Å². The summed E-state index contributed by atoms with van der Waals surface area (Å²) >= 11 is 0. The minimum Gasteiger partial charge on any atom is -0.490 e. The van der Waals surface area contributed by atoms with Crippen LogP contribution in [0.1, 0.15) is 11.6 Å². The van der Waals surface area contributed by atoms with E-state index in [0.717, 1.165) is 0 Å². The maximum Gasteiger partial charge on any atom is 0.124 e. The monoisotopic (exact) mass is 183 g/mol. The van der Waals surface area contributed by atoms with E-state index in [1.807, 2.05) is 0 Å². The molecule has 1 aromatic rings. The van der Waals surface area contributed by atoms with Crippen LogP contribution in [0.5, 0.6) is 5.75 Å². The van der Waals surface area contributed by atoms with Gasteiger partial charge in [-0.3, -0.25) is 0 Å². The second-order valence-electron chi connectivity index (χ2n) is 3.09. The maximum absolute atomic E-state index is 12.8. The van der Waals surface area contributed by atoms with Crippen molar-refractivity contribution in [3.8, 4) is 5.75 Å². The third-order valence-corrected chi connectivity index (χ3v) is 2.16.